The van der Waals surface area contributed by atoms with E-state index in [-0.39, 0.29) is 30.1 Å². The number of carbonyl (C=O) groups excluding carboxylic acids is 2. The molecular weight excluding hydrogens is 196 g/mol. The van der Waals surface area contributed by atoms with E-state index in [1.165, 1.54) is 6.92 Å². The first-order valence-corrected chi connectivity index (χ1v) is 4.79. The van der Waals surface area contributed by atoms with Crippen LogP contribution in [0.5, 0.6) is 0 Å². The lowest BCUT2D eigenvalue weighted by Crippen LogP contribution is -2.08. The van der Waals surface area contributed by atoms with Crippen molar-refractivity contribution in [1.82, 2.24) is 0 Å². The van der Waals surface area contributed by atoms with Crippen LogP contribution < -0.4 is 0 Å². The number of hydrogen-bond acceptors (Lipinski definition) is 4. The lowest BCUT2D eigenvalue weighted by atomic mass is 10.1. The normalized spacial score (nSPS) is 15.9. The van der Waals surface area contributed by atoms with Gasteiger partial charge < -0.3 is 9.84 Å². The summed E-state index contributed by atoms with van der Waals surface area (Å²) in [7, 11) is 0. The molecule has 0 atom stereocenters. The highest BCUT2D eigenvalue weighted by Gasteiger charge is 2.28. The summed E-state index contributed by atoms with van der Waals surface area (Å²) in [5, 5.41) is 9.61. The van der Waals surface area contributed by atoms with Gasteiger partial charge >= 0.3 is 5.97 Å². The van der Waals surface area contributed by atoms with E-state index in [9.17, 15) is 14.7 Å². The molecule has 0 aromatic carbocycles. The average Bonchev–Trinajstić information content (AvgIpc) is 2.45. The lowest BCUT2D eigenvalue weighted by Gasteiger charge is -2.03. The van der Waals surface area contributed by atoms with E-state index in [4.69, 9.17) is 4.74 Å². The molecule has 0 bridgehead atoms. The Morgan fingerprint density at radius 2 is 2.00 bits per heavy atom. The van der Waals surface area contributed by atoms with Crippen molar-refractivity contribution in [1.29, 1.82) is 0 Å². The fourth-order valence-corrected chi connectivity index (χ4v) is 1.50. The number of ether oxygens (including phenoxy) is 1. The smallest absolute Gasteiger partial charge is 0.334 e. The molecular formula is C11H14O4. The van der Waals surface area contributed by atoms with Crippen LogP contribution in [0.25, 0.3) is 0 Å². The Balaban J connectivity index is 2.93. The molecule has 0 aliphatic heterocycles. The van der Waals surface area contributed by atoms with E-state index in [0.29, 0.717) is 11.1 Å². The van der Waals surface area contributed by atoms with E-state index in [0.717, 1.165) is 0 Å². The highest BCUT2D eigenvalue weighted by molar-refractivity contribution is 6.01. The van der Waals surface area contributed by atoms with E-state index in [1.807, 2.05) is 0 Å². The molecule has 0 saturated carbocycles. The van der Waals surface area contributed by atoms with Crippen LogP contribution in [0.1, 0.15) is 27.2 Å². The number of allylic oxidation sites excluding steroid dienone is 2. The molecule has 4 heteroatoms. The molecule has 1 rings (SSSR count). The molecule has 0 radical (unpaired) electrons. The standard InChI is InChI=1S/C11H14O4/c1-4-15-11(14)8-5-9(7(3)12)10(13)6(8)2/h13H,4-5H2,1-3H3. The Labute approximate surface area is 88.2 Å². The number of esters is 1. The largest absolute Gasteiger partial charge is 0.507 e. The summed E-state index contributed by atoms with van der Waals surface area (Å²) in [6.45, 7) is 4.97. The van der Waals surface area contributed by atoms with Crippen molar-refractivity contribution in [2.75, 3.05) is 6.61 Å². The minimum atomic E-state index is -0.460. The van der Waals surface area contributed by atoms with Gasteiger partial charge in [-0.25, -0.2) is 4.79 Å². The maximum atomic E-state index is 11.4. The number of carbonyl (C=O) groups is 2. The van der Waals surface area contributed by atoms with Crippen LogP contribution in [-0.4, -0.2) is 23.5 Å². The number of ketones is 1. The van der Waals surface area contributed by atoms with Crippen LogP contribution in [0.15, 0.2) is 22.5 Å². The molecule has 0 unspecified atom stereocenters. The third kappa shape index (κ3) is 2.09. The second-order valence-corrected chi connectivity index (χ2v) is 3.38. The number of hydrogen-bond donors (Lipinski definition) is 1. The highest BCUT2D eigenvalue weighted by atomic mass is 16.5. The molecule has 0 fully saturated rings. The van der Waals surface area contributed by atoms with Crippen LogP contribution in [0.2, 0.25) is 0 Å². The first-order valence-electron chi connectivity index (χ1n) is 4.79. The van der Waals surface area contributed by atoms with Crippen LogP contribution in [-0.2, 0) is 14.3 Å². The summed E-state index contributed by atoms with van der Waals surface area (Å²) < 4.78 is 4.83. The summed E-state index contributed by atoms with van der Waals surface area (Å²) >= 11 is 0. The maximum absolute atomic E-state index is 11.4. The fraction of sp³-hybridized carbons (Fsp3) is 0.455. The predicted octanol–water partition coefficient (Wildman–Crippen LogP) is 1.67. The SMILES string of the molecule is CCOC(=O)C1=C(C)C(O)=C(C(C)=O)C1. The van der Waals surface area contributed by atoms with Gasteiger partial charge in [0, 0.05) is 23.1 Å². The summed E-state index contributed by atoms with van der Waals surface area (Å²) in [6.07, 6.45) is 0.172. The minimum Gasteiger partial charge on any atom is -0.507 e. The van der Waals surface area contributed by atoms with Crippen LogP contribution in [0, 0.1) is 0 Å². The maximum Gasteiger partial charge on any atom is 0.334 e. The first-order chi connectivity index (χ1) is 6.99. The zero-order chi connectivity index (χ0) is 11.6. The first kappa shape index (κ1) is 11.5. The predicted molar refractivity (Wildman–Crippen MR) is 54.3 cm³/mol. The van der Waals surface area contributed by atoms with Gasteiger partial charge in [0.1, 0.15) is 5.76 Å². The summed E-state index contributed by atoms with van der Waals surface area (Å²) in [5.41, 5.74) is 1.11. The Hall–Kier alpha value is -1.58. The number of aliphatic hydroxyl groups excluding tert-OH is 1. The van der Waals surface area contributed by atoms with Crippen molar-refractivity contribution in [2.24, 2.45) is 0 Å². The Bertz CT molecular complexity index is 374. The molecule has 0 aromatic heterocycles. The Morgan fingerprint density at radius 3 is 2.40 bits per heavy atom. The Kier molecular flexibility index (Phi) is 3.29. The summed E-state index contributed by atoms with van der Waals surface area (Å²) in [6, 6.07) is 0. The Morgan fingerprint density at radius 1 is 1.40 bits per heavy atom. The van der Waals surface area contributed by atoms with E-state index < -0.39 is 5.97 Å². The molecule has 0 amide bonds. The second kappa shape index (κ2) is 4.29. The monoisotopic (exact) mass is 210 g/mol. The van der Waals surface area contributed by atoms with Gasteiger partial charge in [0.2, 0.25) is 0 Å². The highest BCUT2D eigenvalue weighted by Crippen LogP contribution is 2.31. The molecule has 1 aliphatic rings. The van der Waals surface area contributed by atoms with Crippen molar-refractivity contribution in [2.45, 2.75) is 27.2 Å². The topological polar surface area (TPSA) is 63.6 Å². The van der Waals surface area contributed by atoms with Crippen molar-refractivity contribution in [3.8, 4) is 0 Å². The van der Waals surface area contributed by atoms with E-state index in [2.05, 4.69) is 0 Å². The number of rotatable bonds is 3. The van der Waals surface area contributed by atoms with Gasteiger partial charge in [0.25, 0.3) is 0 Å². The third-order valence-electron chi connectivity index (χ3n) is 2.39. The molecule has 0 aromatic rings. The van der Waals surface area contributed by atoms with Crippen LogP contribution in [0.3, 0.4) is 0 Å². The second-order valence-electron chi connectivity index (χ2n) is 3.38. The zero-order valence-electron chi connectivity index (χ0n) is 9.09. The molecule has 15 heavy (non-hydrogen) atoms. The molecule has 0 spiro atoms. The molecule has 82 valence electrons. The quantitative estimate of drug-likeness (QED) is 0.720. The molecule has 1 aliphatic carbocycles. The van der Waals surface area contributed by atoms with Crippen molar-refractivity contribution >= 4 is 11.8 Å². The molecule has 0 heterocycles. The van der Waals surface area contributed by atoms with E-state index in [1.54, 1.807) is 13.8 Å². The fourth-order valence-electron chi connectivity index (χ4n) is 1.50. The van der Waals surface area contributed by atoms with Crippen LogP contribution >= 0.6 is 0 Å². The summed E-state index contributed by atoms with van der Waals surface area (Å²) in [4.78, 5) is 22.6. The average molecular weight is 210 g/mol. The van der Waals surface area contributed by atoms with Gasteiger partial charge in [0.05, 0.1) is 6.61 Å². The zero-order valence-corrected chi connectivity index (χ0v) is 9.09. The minimum absolute atomic E-state index is 0.0782. The molecule has 0 saturated heterocycles. The lowest BCUT2D eigenvalue weighted by molar-refractivity contribution is -0.138. The molecule has 4 nitrogen and oxygen atoms in total. The third-order valence-corrected chi connectivity index (χ3v) is 2.39. The van der Waals surface area contributed by atoms with Crippen molar-refractivity contribution in [3.63, 3.8) is 0 Å². The number of Topliss-reactive ketones (excluding diaryl/α,β-unsaturated/α-hetero) is 1. The van der Waals surface area contributed by atoms with Gasteiger partial charge in [-0.15, -0.1) is 0 Å². The van der Waals surface area contributed by atoms with Crippen LogP contribution in [0.4, 0.5) is 0 Å². The van der Waals surface area contributed by atoms with Gasteiger partial charge in [-0.1, -0.05) is 0 Å². The van der Waals surface area contributed by atoms with Crippen molar-refractivity contribution < 1.29 is 19.4 Å². The number of aliphatic hydroxyl groups is 1. The summed E-state index contributed by atoms with van der Waals surface area (Å²) in [5.74, 6) is -0.755. The van der Waals surface area contributed by atoms with Gasteiger partial charge in [-0.05, 0) is 20.8 Å². The van der Waals surface area contributed by atoms with Gasteiger partial charge in [-0.3, -0.25) is 4.79 Å². The van der Waals surface area contributed by atoms with Crippen molar-refractivity contribution in [3.05, 3.63) is 22.5 Å². The molecule has 1 N–H and O–H groups in total. The van der Waals surface area contributed by atoms with Gasteiger partial charge in [-0.2, -0.15) is 0 Å². The van der Waals surface area contributed by atoms with Gasteiger partial charge in [0.15, 0.2) is 5.78 Å². The van der Waals surface area contributed by atoms with E-state index >= 15 is 0 Å².